The highest BCUT2D eigenvalue weighted by molar-refractivity contribution is 7.13. The molecule has 9 heteroatoms. The van der Waals surface area contributed by atoms with E-state index < -0.39 is 0 Å². The number of methoxy groups -OCH3 is 1. The number of aryl methyl sites for hydroxylation is 1. The lowest BCUT2D eigenvalue weighted by molar-refractivity contribution is 0.101. The van der Waals surface area contributed by atoms with E-state index in [9.17, 15) is 4.79 Å². The van der Waals surface area contributed by atoms with E-state index >= 15 is 0 Å². The second-order valence-corrected chi connectivity index (χ2v) is 6.67. The molecule has 27 heavy (non-hydrogen) atoms. The van der Waals surface area contributed by atoms with Crippen LogP contribution < -0.4 is 10.1 Å². The smallest absolute Gasteiger partial charge is 0.274 e. The largest absolute Gasteiger partial charge is 0.495 e. The van der Waals surface area contributed by atoms with Gasteiger partial charge in [-0.05, 0) is 35.7 Å². The zero-order valence-corrected chi connectivity index (χ0v) is 15.5. The summed E-state index contributed by atoms with van der Waals surface area (Å²) in [5, 5.41) is 16.9. The van der Waals surface area contributed by atoms with Crippen molar-refractivity contribution < 1.29 is 9.53 Å². The quantitative estimate of drug-likeness (QED) is 0.575. The van der Waals surface area contributed by atoms with Crippen LogP contribution in [0.4, 0.5) is 5.69 Å². The van der Waals surface area contributed by atoms with Gasteiger partial charge in [0.05, 0.1) is 23.4 Å². The first-order valence-electron chi connectivity index (χ1n) is 8.08. The molecule has 0 spiro atoms. The molecule has 0 atom stereocenters. The van der Waals surface area contributed by atoms with E-state index in [1.54, 1.807) is 65.6 Å². The van der Waals surface area contributed by atoms with E-state index in [0.29, 0.717) is 17.1 Å². The second kappa shape index (κ2) is 7.04. The van der Waals surface area contributed by atoms with E-state index in [1.165, 1.54) is 0 Å². The van der Waals surface area contributed by atoms with Crippen molar-refractivity contribution in [1.82, 2.24) is 24.5 Å². The summed E-state index contributed by atoms with van der Waals surface area (Å²) in [6.07, 6.45) is 3.17. The molecule has 0 aliphatic heterocycles. The lowest BCUT2D eigenvalue weighted by atomic mass is 10.2. The molecule has 0 aliphatic carbocycles. The number of anilines is 1. The molecule has 0 unspecified atom stereocenters. The second-order valence-electron chi connectivity index (χ2n) is 5.72. The summed E-state index contributed by atoms with van der Waals surface area (Å²) in [4.78, 5) is 13.8. The number of nitrogens with one attached hydrogen (secondary N) is 1. The van der Waals surface area contributed by atoms with Gasteiger partial charge in [-0.1, -0.05) is 6.07 Å². The zero-order valence-electron chi connectivity index (χ0n) is 14.7. The Morgan fingerprint density at radius 2 is 2.00 bits per heavy atom. The number of rotatable bonds is 5. The van der Waals surface area contributed by atoms with Crippen molar-refractivity contribution in [1.29, 1.82) is 0 Å². The van der Waals surface area contributed by atoms with Gasteiger partial charge < -0.3 is 10.1 Å². The molecule has 1 amide bonds. The van der Waals surface area contributed by atoms with Crippen molar-refractivity contribution in [3.8, 4) is 22.0 Å². The Hall–Kier alpha value is -3.46. The van der Waals surface area contributed by atoms with Crippen molar-refractivity contribution in [2.75, 3.05) is 12.4 Å². The van der Waals surface area contributed by atoms with Crippen LogP contribution in [0.25, 0.3) is 16.3 Å². The first-order valence-corrected chi connectivity index (χ1v) is 8.96. The topological polar surface area (TPSA) is 86.9 Å². The minimum absolute atomic E-state index is 0.271. The minimum atomic E-state index is -0.271. The Bertz CT molecular complexity index is 1070. The Balaban J connectivity index is 1.64. The molecule has 1 aromatic carbocycles. The predicted octanol–water partition coefficient (Wildman–Crippen LogP) is 2.99. The average Bonchev–Trinajstić information content (AvgIpc) is 3.42. The molecule has 0 bridgehead atoms. The maximum Gasteiger partial charge on any atom is 0.274 e. The number of hydrogen-bond donors (Lipinski definition) is 1. The van der Waals surface area contributed by atoms with Crippen LogP contribution in [0.3, 0.4) is 0 Å². The number of hydrogen-bond acceptors (Lipinski definition) is 6. The Kier molecular flexibility index (Phi) is 4.43. The summed E-state index contributed by atoms with van der Waals surface area (Å²) in [5.41, 5.74) is 2.57. The molecule has 4 aromatic rings. The Morgan fingerprint density at radius 1 is 1.19 bits per heavy atom. The summed E-state index contributed by atoms with van der Waals surface area (Å²) in [6, 6.07) is 11.1. The fraction of sp³-hybridized carbons (Fsp3) is 0.111. The van der Waals surface area contributed by atoms with Crippen molar-refractivity contribution in [2.24, 2.45) is 7.05 Å². The summed E-state index contributed by atoms with van der Waals surface area (Å²) >= 11 is 1.58. The van der Waals surface area contributed by atoms with Gasteiger partial charge >= 0.3 is 0 Å². The fourth-order valence-corrected chi connectivity index (χ4v) is 3.38. The van der Waals surface area contributed by atoms with Crippen LogP contribution in [-0.4, -0.2) is 37.6 Å². The highest BCUT2D eigenvalue weighted by atomic mass is 32.1. The van der Waals surface area contributed by atoms with Gasteiger partial charge in [0.15, 0.2) is 0 Å². The first-order chi connectivity index (χ1) is 13.2. The standard InChI is InChI=1S/C18H16N6O2S/c1-23-15(9-14(22-23)17-4-3-7-27-17)18(25)21-13-8-12(5-6-16(13)26-2)24-10-19-20-11-24/h3-11H,1-2H3,(H,21,25). The fourth-order valence-electron chi connectivity index (χ4n) is 2.70. The number of amides is 1. The van der Waals surface area contributed by atoms with Gasteiger partial charge in [0.25, 0.3) is 5.91 Å². The minimum Gasteiger partial charge on any atom is -0.495 e. The number of aromatic nitrogens is 5. The highest BCUT2D eigenvalue weighted by Gasteiger charge is 2.17. The average molecular weight is 380 g/mol. The highest BCUT2D eigenvalue weighted by Crippen LogP contribution is 2.28. The molecule has 3 aromatic heterocycles. The number of ether oxygens (including phenoxy) is 1. The van der Waals surface area contributed by atoms with Crippen LogP contribution >= 0.6 is 11.3 Å². The number of benzene rings is 1. The Morgan fingerprint density at radius 3 is 2.70 bits per heavy atom. The lowest BCUT2D eigenvalue weighted by Crippen LogP contribution is -2.16. The molecular formula is C18H16N6O2S. The van der Waals surface area contributed by atoms with Gasteiger partial charge in [-0.25, -0.2) is 0 Å². The monoisotopic (exact) mass is 380 g/mol. The molecule has 4 rings (SSSR count). The van der Waals surface area contributed by atoms with Gasteiger partial charge in [0, 0.05) is 7.05 Å². The molecule has 0 fully saturated rings. The first kappa shape index (κ1) is 17.0. The summed E-state index contributed by atoms with van der Waals surface area (Å²) in [5.74, 6) is 0.285. The van der Waals surface area contributed by atoms with Crippen LogP contribution in [0.2, 0.25) is 0 Å². The molecule has 0 radical (unpaired) electrons. The molecule has 3 heterocycles. The van der Waals surface area contributed by atoms with Crippen LogP contribution in [0.1, 0.15) is 10.5 Å². The molecule has 1 N–H and O–H groups in total. The van der Waals surface area contributed by atoms with Gasteiger partial charge in [-0.15, -0.1) is 21.5 Å². The molecular weight excluding hydrogens is 364 g/mol. The number of carbonyl (C=O) groups is 1. The van der Waals surface area contributed by atoms with Crippen molar-refractivity contribution in [2.45, 2.75) is 0 Å². The van der Waals surface area contributed by atoms with Gasteiger partial charge in [-0.2, -0.15) is 5.10 Å². The zero-order chi connectivity index (χ0) is 18.8. The van der Waals surface area contributed by atoms with Crippen molar-refractivity contribution >= 4 is 22.9 Å². The predicted molar refractivity (Wildman–Crippen MR) is 102 cm³/mol. The summed E-state index contributed by atoms with van der Waals surface area (Å²) in [7, 11) is 3.30. The van der Waals surface area contributed by atoms with Gasteiger partial charge in [-0.3, -0.25) is 14.0 Å². The molecule has 8 nitrogen and oxygen atoms in total. The Labute approximate surface area is 159 Å². The molecule has 0 saturated carbocycles. The van der Waals surface area contributed by atoms with Gasteiger partial charge in [0.1, 0.15) is 29.8 Å². The van der Waals surface area contributed by atoms with E-state index in [4.69, 9.17) is 4.74 Å². The van der Waals surface area contributed by atoms with Crippen LogP contribution in [0.15, 0.2) is 54.4 Å². The van der Waals surface area contributed by atoms with Gasteiger partial charge in [0.2, 0.25) is 0 Å². The van der Waals surface area contributed by atoms with E-state index in [-0.39, 0.29) is 5.91 Å². The normalized spacial score (nSPS) is 10.7. The summed E-state index contributed by atoms with van der Waals surface area (Å²) in [6.45, 7) is 0. The van der Waals surface area contributed by atoms with Crippen molar-refractivity contribution in [3.63, 3.8) is 0 Å². The van der Waals surface area contributed by atoms with Crippen molar-refractivity contribution in [3.05, 3.63) is 60.1 Å². The van der Waals surface area contributed by atoms with E-state index in [1.807, 2.05) is 23.6 Å². The third-order valence-electron chi connectivity index (χ3n) is 4.03. The molecule has 0 saturated heterocycles. The third kappa shape index (κ3) is 3.32. The number of thiophene rings is 1. The van der Waals surface area contributed by atoms with Crippen LogP contribution in [-0.2, 0) is 7.05 Å². The third-order valence-corrected chi connectivity index (χ3v) is 4.93. The molecule has 0 aliphatic rings. The van der Waals surface area contributed by atoms with Crippen LogP contribution in [0.5, 0.6) is 5.75 Å². The number of nitrogens with zero attached hydrogens (tertiary/aromatic N) is 5. The molecule has 136 valence electrons. The van der Waals surface area contributed by atoms with E-state index in [2.05, 4.69) is 20.6 Å². The SMILES string of the molecule is COc1ccc(-n2cnnc2)cc1NC(=O)c1cc(-c2cccs2)nn1C. The van der Waals surface area contributed by atoms with E-state index in [0.717, 1.165) is 16.3 Å². The number of carbonyl (C=O) groups excluding carboxylic acids is 1. The lowest BCUT2D eigenvalue weighted by Gasteiger charge is -2.12. The summed E-state index contributed by atoms with van der Waals surface area (Å²) < 4.78 is 8.69. The van der Waals surface area contributed by atoms with Crippen LogP contribution in [0, 0.1) is 0 Å². The maximum absolute atomic E-state index is 12.8. The maximum atomic E-state index is 12.8.